The lowest BCUT2D eigenvalue weighted by atomic mass is 9.89. The number of likely N-dealkylation sites (tertiary alicyclic amines) is 1. The Morgan fingerprint density at radius 1 is 1.03 bits per heavy atom. The number of nitrogens with zero attached hydrogens (tertiary/aromatic N) is 3. The zero-order valence-corrected chi connectivity index (χ0v) is 23.2. The molecule has 6 rings (SSSR count). The number of aliphatic hydroxyl groups excluding tert-OH is 1. The number of benzene rings is 2. The van der Waals surface area contributed by atoms with E-state index in [0.717, 1.165) is 42.8 Å². The minimum absolute atomic E-state index is 0. The summed E-state index contributed by atoms with van der Waals surface area (Å²) in [6, 6.07) is 13.7. The van der Waals surface area contributed by atoms with Crippen molar-refractivity contribution >= 4 is 23.4 Å². The summed E-state index contributed by atoms with van der Waals surface area (Å²) < 4.78 is 28.8. The molecule has 9 nitrogen and oxygen atoms in total. The molecule has 1 atom stereocenters. The number of aromatic nitrogens is 2. The Bertz CT molecular complexity index is 1420. The SMILES string of the molecule is CC(C)(C)c1nnc(-c2cc3c(OC[C@@H](O)CN4CCC(c5ccc6c(c5)OCO6)CC4)cccc3o2)o1.Cl. The fourth-order valence-corrected chi connectivity index (χ4v) is 5.04. The summed E-state index contributed by atoms with van der Waals surface area (Å²) >= 11 is 0. The molecule has 208 valence electrons. The molecule has 0 bridgehead atoms. The second-order valence-electron chi connectivity index (χ2n) is 11.1. The van der Waals surface area contributed by atoms with Crippen molar-refractivity contribution in [2.45, 2.75) is 51.0 Å². The van der Waals surface area contributed by atoms with Crippen LogP contribution in [0.2, 0.25) is 0 Å². The molecular weight excluding hydrogens is 522 g/mol. The molecule has 1 saturated heterocycles. The van der Waals surface area contributed by atoms with Gasteiger partial charge in [0.25, 0.3) is 5.89 Å². The lowest BCUT2D eigenvalue weighted by Gasteiger charge is -2.33. The average molecular weight is 556 g/mol. The van der Waals surface area contributed by atoms with Gasteiger partial charge in [-0.15, -0.1) is 22.6 Å². The zero-order chi connectivity index (χ0) is 26.3. The quantitative estimate of drug-likeness (QED) is 0.314. The van der Waals surface area contributed by atoms with Crippen LogP contribution < -0.4 is 14.2 Å². The molecule has 0 unspecified atom stereocenters. The van der Waals surface area contributed by atoms with Gasteiger partial charge in [-0.1, -0.05) is 32.9 Å². The van der Waals surface area contributed by atoms with E-state index >= 15 is 0 Å². The van der Waals surface area contributed by atoms with Crippen LogP contribution in [0.4, 0.5) is 0 Å². The first-order valence-corrected chi connectivity index (χ1v) is 13.1. The summed E-state index contributed by atoms with van der Waals surface area (Å²) in [4.78, 5) is 2.30. The van der Waals surface area contributed by atoms with E-state index in [4.69, 9.17) is 23.0 Å². The third kappa shape index (κ3) is 5.85. The zero-order valence-electron chi connectivity index (χ0n) is 22.4. The summed E-state index contributed by atoms with van der Waals surface area (Å²) in [5, 5.41) is 19.8. The van der Waals surface area contributed by atoms with E-state index in [-0.39, 0.29) is 24.4 Å². The molecule has 0 aliphatic carbocycles. The highest BCUT2D eigenvalue weighted by molar-refractivity contribution is 5.87. The van der Waals surface area contributed by atoms with Gasteiger partial charge in [-0.2, -0.15) is 0 Å². The van der Waals surface area contributed by atoms with Crippen LogP contribution in [0, 0.1) is 0 Å². The van der Waals surface area contributed by atoms with E-state index in [0.29, 0.717) is 48.1 Å². The fraction of sp³-hybridized carbons (Fsp3) is 0.448. The van der Waals surface area contributed by atoms with E-state index in [1.165, 1.54) is 5.56 Å². The maximum atomic E-state index is 10.7. The van der Waals surface area contributed by atoms with Crippen LogP contribution >= 0.6 is 12.4 Å². The molecule has 4 heterocycles. The molecule has 0 radical (unpaired) electrons. The molecule has 0 spiro atoms. The Labute approximate surface area is 233 Å². The van der Waals surface area contributed by atoms with Crippen molar-refractivity contribution in [3.63, 3.8) is 0 Å². The van der Waals surface area contributed by atoms with Gasteiger partial charge in [-0.25, -0.2) is 0 Å². The van der Waals surface area contributed by atoms with E-state index < -0.39 is 6.10 Å². The smallest absolute Gasteiger partial charge is 0.283 e. The Kier molecular flexibility index (Phi) is 7.75. The van der Waals surface area contributed by atoms with Gasteiger partial charge in [0, 0.05) is 18.0 Å². The number of hydrogen-bond acceptors (Lipinski definition) is 9. The van der Waals surface area contributed by atoms with Crippen LogP contribution in [0.5, 0.6) is 17.2 Å². The first-order valence-electron chi connectivity index (χ1n) is 13.1. The number of halogens is 1. The summed E-state index contributed by atoms with van der Waals surface area (Å²) in [5.41, 5.74) is 1.71. The van der Waals surface area contributed by atoms with Crippen molar-refractivity contribution in [1.29, 1.82) is 0 Å². The molecule has 39 heavy (non-hydrogen) atoms. The standard InChI is InChI=1S/C29H33N3O6.ClH/c1-29(2,3)28-31-30-27(38-28)26-14-21-22(5-4-6-23(21)37-26)34-16-20(33)15-32-11-9-18(10-12-32)19-7-8-24-25(13-19)36-17-35-24;/h4-8,13-14,18,20,33H,9-12,15-17H2,1-3H3;1H/t20-;/m0./s1. The van der Waals surface area contributed by atoms with Crippen molar-refractivity contribution in [3.05, 3.63) is 53.9 Å². The molecule has 1 N–H and O–H groups in total. The number of rotatable bonds is 7. The van der Waals surface area contributed by atoms with Crippen molar-refractivity contribution in [2.24, 2.45) is 0 Å². The normalized spacial score (nSPS) is 16.8. The van der Waals surface area contributed by atoms with Crippen LogP contribution in [0.25, 0.3) is 22.6 Å². The minimum Gasteiger partial charge on any atom is -0.490 e. The van der Waals surface area contributed by atoms with Crippen LogP contribution in [0.3, 0.4) is 0 Å². The number of furan rings is 1. The second kappa shape index (κ2) is 11.1. The largest absolute Gasteiger partial charge is 0.490 e. The summed E-state index contributed by atoms with van der Waals surface area (Å²) in [6.45, 7) is 8.96. The van der Waals surface area contributed by atoms with Crippen molar-refractivity contribution in [1.82, 2.24) is 15.1 Å². The average Bonchev–Trinajstić information content (AvgIpc) is 3.66. The van der Waals surface area contributed by atoms with Crippen molar-refractivity contribution in [3.8, 4) is 28.9 Å². The molecule has 0 amide bonds. The van der Waals surface area contributed by atoms with Gasteiger partial charge in [-0.05, 0) is 61.7 Å². The lowest BCUT2D eigenvalue weighted by Crippen LogP contribution is -2.40. The van der Waals surface area contributed by atoms with Gasteiger partial charge < -0.3 is 33.1 Å². The Morgan fingerprint density at radius 2 is 1.82 bits per heavy atom. The van der Waals surface area contributed by atoms with Gasteiger partial charge in [0.1, 0.15) is 24.0 Å². The van der Waals surface area contributed by atoms with Crippen molar-refractivity contribution in [2.75, 3.05) is 33.0 Å². The van der Waals surface area contributed by atoms with Crippen molar-refractivity contribution < 1.29 is 28.2 Å². The molecule has 2 aliphatic rings. The van der Waals surface area contributed by atoms with Gasteiger partial charge in [0.2, 0.25) is 12.7 Å². The Balaban J connectivity index is 0.00000308. The predicted molar refractivity (Wildman–Crippen MR) is 148 cm³/mol. The van der Waals surface area contributed by atoms with E-state index in [9.17, 15) is 5.11 Å². The molecule has 10 heteroatoms. The fourth-order valence-electron chi connectivity index (χ4n) is 5.04. The highest BCUT2D eigenvalue weighted by Crippen LogP contribution is 2.38. The highest BCUT2D eigenvalue weighted by Gasteiger charge is 2.26. The lowest BCUT2D eigenvalue weighted by molar-refractivity contribution is 0.0599. The van der Waals surface area contributed by atoms with Crippen LogP contribution in [0.15, 0.2) is 51.3 Å². The molecule has 2 aromatic heterocycles. The summed E-state index contributed by atoms with van der Waals surface area (Å²) in [5.74, 6) is 4.16. The first kappa shape index (κ1) is 27.3. The highest BCUT2D eigenvalue weighted by atomic mass is 35.5. The van der Waals surface area contributed by atoms with Gasteiger partial charge in [-0.3, -0.25) is 0 Å². The molecule has 2 aromatic carbocycles. The monoisotopic (exact) mass is 555 g/mol. The third-order valence-corrected chi connectivity index (χ3v) is 7.15. The van der Waals surface area contributed by atoms with E-state index in [1.54, 1.807) is 0 Å². The molecule has 1 fully saturated rings. The number of piperidine rings is 1. The van der Waals surface area contributed by atoms with E-state index in [1.807, 2.05) is 51.1 Å². The molecular formula is C29H34ClN3O6. The number of hydrogen-bond donors (Lipinski definition) is 1. The number of fused-ring (bicyclic) bond motifs is 2. The Hall–Kier alpha value is -3.27. The maximum Gasteiger partial charge on any atom is 0.283 e. The summed E-state index contributed by atoms with van der Waals surface area (Å²) in [6.07, 6.45) is 1.47. The third-order valence-electron chi connectivity index (χ3n) is 7.15. The van der Waals surface area contributed by atoms with Gasteiger partial charge >= 0.3 is 0 Å². The van der Waals surface area contributed by atoms with Gasteiger partial charge in [0.15, 0.2) is 17.3 Å². The Morgan fingerprint density at radius 3 is 2.59 bits per heavy atom. The summed E-state index contributed by atoms with van der Waals surface area (Å²) in [7, 11) is 0. The topological polar surface area (TPSA) is 103 Å². The second-order valence-corrected chi connectivity index (χ2v) is 11.1. The molecule has 4 aromatic rings. The van der Waals surface area contributed by atoms with Crippen LogP contribution in [-0.2, 0) is 5.41 Å². The van der Waals surface area contributed by atoms with E-state index in [2.05, 4.69) is 27.2 Å². The minimum atomic E-state index is -0.607. The number of ether oxygens (including phenoxy) is 3. The maximum absolute atomic E-state index is 10.7. The first-order chi connectivity index (χ1) is 18.3. The van der Waals surface area contributed by atoms with Crippen LogP contribution in [0.1, 0.15) is 51.0 Å². The predicted octanol–water partition coefficient (Wildman–Crippen LogP) is 5.55. The number of aliphatic hydroxyl groups is 1. The van der Waals surface area contributed by atoms with Gasteiger partial charge in [0.05, 0.1) is 5.39 Å². The van der Waals surface area contributed by atoms with Crippen LogP contribution in [-0.4, -0.2) is 59.3 Å². The number of β-amino-alcohol motifs (C(OH)–C–C–N with tert-alkyl or cyclic N) is 1. The molecule has 2 aliphatic heterocycles. The molecule has 0 saturated carbocycles.